The summed E-state index contributed by atoms with van der Waals surface area (Å²) in [6.45, 7) is 0. The molecule has 2 heterocycles. The van der Waals surface area contributed by atoms with Gasteiger partial charge in [0.15, 0.2) is 0 Å². The molecule has 3 heteroatoms. The molecule has 0 saturated heterocycles. The zero-order valence-corrected chi connectivity index (χ0v) is 33.0. The minimum atomic E-state index is 0.851. The van der Waals surface area contributed by atoms with Crippen molar-refractivity contribution in [3.05, 3.63) is 212 Å². The lowest BCUT2D eigenvalue weighted by molar-refractivity contribution is 0.669. The Morgan fingerprint density at radius 2 is 0.951 bits per heavy atom. The molecule has 0 radical (unpaired) electrons. The molecule has 13 aromatic rings. The average molecular weight is 778 g/mol. The summed E-state index contributed by atoms with van der Waals surface area (Å²) in [6, 6.07) is 76.4. The number of rotatable bonds is 5. The molecule has 0 atom stereocenters. The first kappa shape index (κ1) is 33.8. The van der Waals surface area contributed by atoms with Gasteiger partial charge in [-0.15, -0.1) is 0 Å². The minimum absolute atomic E-state index is 0.851. The summed E-state index contributed by atoms with van der Waals surface area (Å²) in [4.78, 5) is 2.41. The van der Waals surface area contributed by atoms with Crippen LogP contribution in [0.25, 0.3) is 109 Å². The molecule has 0 saturated carbocycles. The monoisotopic (exact) mass is 777 g/mol. The van der Waals surface area contributed by atoms with Crippen LogP contribution in [0.2, 0.25) is 0 Å². The third-order valence-corrected chi connectivity index (χ3v) is 12.6. The van der Waals surface area contributed by atoms with E-state index in [1.54, 1.807) is 0 Å². The van der Waals surface area contributed by atoms with Crippen molar-refractivity contribution in [2.45, 2.75) is 0 Å². The SMILES string of the molecule is c1ccc(N(c2ccc(-c3cc4ccccc4c4ccccc34)cc2)c2cccc3oc4c5ccccc5ccc4c23)c(-c2ccc3oc4cc5ccccc5cc4c3c2)c1. The molecule has 2 aromatic heterocycles. The van der Waals surface area contributed by atoms with E-state index in [0.717, 1.165) is 82.8 Å². The van der Waals surface area contributed by atoms with Crippen LogP contribution in [-0.4, -0.2) is 0 Å². The number of hydrogen-bond acceptors (Lipinski definition) is 3. The van der Waals surface area contributed by atoms with Gasteiger partial charge in [-0.1, -0.05) is 146 Å². The van der Waals surface area contributed by atoms with Crippen LogP contribution >= 0.6 is 0 Å². The summed E-state index contributed by atoms with van der Waals surface area (Å²) in [7, 11) is 0. The van der Waals surface area contributed by atoms with E-state index < -0.39 is 0 Å². The second kappa shape index (κ2) is 13.2. The molecular formula is C58H35NO2. The second-order valence-corrected chi connectivity index (χ2v) is 16.0. The molecule has 0 amide bonds. The van der Waals surface area contributed by atoms with E-state index in [2.05, 4.69) is 217 Å². The number of nitrogens with zero attached hydrogens (tertiary/aromatic N) is 1. The number of anilines is 3. The lowest BCUT2D eigenvalue weighted by Gasteiger charge is -2.28. The van der Waals surface area contributed by atoms with Crippen LogP contribution in [0.4, 0.5) is 17.1 Å². The van der Waals surface area contributed by atoms with E-state index in [1.165, 1.54) is 43.4 Å². The number of para-hydroxylation sites is 1. The number of fused-ring (bicyclic) bond motifs is 12. The minimum Gasteiger partial charge on any atom is -0.456 e. The van der Waals surface area contributed by atoms with Gasteiger partial charge in [-0.05, 0) is 121 Å². The highest BCUT2D eigenvalue weighted by Crippen LogP contribution is 2.48. The maximum absolute atomic E-state index is 6.77. The molecular weight excluding hydrogens is 743 g/mol. The first-order valence-corrected chi connectivity index (χ1v) is 20.8. The second-order valence-electron chi connectivity index (χ2n) is 16.0. The highest BCUT2D eigenvalue weighted by atomic mass is 16.3. The Hall–Kier alpha value is -8.14. The highest BCUT2D eigenvalue weighted by molar-refractivity contribution is 6.20. The average Bonchev–Trinajstić information content (AvgIpc) is 3.89. The number of hydrogen-bond donors (Lipinski definition) is 0. The van der Waals surface area contributed by atoms with E-state index in [9.17, 15) is 0 Å². The molecule has 0 aliphatic carbocycles. The van der Waals surface area contributed by atoms with Crippen LogP contribution in [0.1, 0.15) is 0 Å². The summed E-state index contributed by atoms with van der Waals surface area (Å²) in [5, 5.41) is 14.0. The van der Waals surface area contributed by atoms with Crippen LogP contribution in [0.15, 0.2) is 221 Å². The topological polar surface area (TPSA) is 29.5 Å². The Balaban J connectivity index is 1.04. The zero-order chi connectivity index (χ0) is 40.0. The molecule has 0 spiro atoms. The quantitative estimate of drug-likeness (QED) is 0.163. The highest BCUT2D eigenvalue weighted by Gasteiger charge is 2.23. The van der Waals surface area contributed by atoms with Crippen molar-refractivity contribution in [2.75, 3.05) is 4.90 Å². The summed E-state index contributed by atoms with van der Waals surface area (Å²) in [6.07, 6.45) is 0. The van der Waals surface area contributed by atoms with Crippen LogP contribution in [-0.2, 0) is 0 Å². The lowest BCUT2D eigenvalue weighted by Crippen LogP contribution is -2.11. The number of benzene rings is 11. The normalized spacial score (nSPS) is 11.9. The molecule has 0 aliphatic rings. The first-order chi connectivity index (χ1) is 30.2. The van der Waals surface area contributed by atoms with Crippen molar-refractivity contribution < 1.29 is 8.83 Å². The van der Waals surface area contributed by atoms with E-state index in [1.807, 2.05) is 0 Å². The molecule has 0 bridgehead atoms. The van der Waals surface area contributed by atoms with E-state index >= 15 is 0 Å². The fourth-order valence-corrected chi connectivity index (χ4v) is 9.76. The molecule has 61 heavy (non-hydrogen) atoms. The maximum Gasteiger partial charge on any atom is 0.143 e. The summed E-state index contributed by atoms with van der Waals surface area (Å²) < 4.78 is 13.2. The Bertz CT molecular complexity index is 3890. The molecule has 3 nitrogen and oxygen atoms in total. The molecule has 0 fully saturated rings. The van der Waals surface area contributed by atoms with Gasteiger partial charge in [0.2, 0.25) is 0 Å². The van der Waals surface area contributed by atoms with Crippen LogP contribution in [0.3, 0.4) is 0 Å². The summed E-state index contributed by atoms with van der Waals surface area (Å²) in [5.74, 6) is 0. The third-order valence-electron chi connectivity index (χ3n) is 12.6. The molecule has 0 N–H and O–H groups in total. The van der Waals surface area contributed by atoms with Gasteiger partial charge in [0.25, 0.3) is 0 Å². The fraction of sp³-hybridized carbons (Fsp3) is 0. The summed E-state index contributed by atoms with van der Waals surface area (Å²) in [5.41, 5.74) is 11.3. The molecule has 13 rings (SSSR count). The van der Waals surface area contributed by atoms with Gasteiger partial charge in [-0.25, -0.2) is 0 Å². The van der Waals surface area contributed by atoms with E-state index in [0.29, 0.717) is 0 Å². The number of furan rings is 2. The van der Waals surface area contributed by atoms with Gasteiger partial charge in [-0.2, -0.15) is 0 Å². The predicted octanol–water partition coefficient (Wildman–Crippen LogP) is 16.9. The Labute approximate surface area is 350 Å². The van der Waals surface area contributed by atoms with Gasteiger partial charge in [-0.3, -0.25) is 0 Å². The van der Waals surface area contributed by atoms with Gasteiger partial charge in [0, 0.05) is 32.8 Å². The third kappa shape index (κ3) is 5.24. The Morgan fingerprint density at radius 1 is 0.295 bits per heavy atom. The fourth-order valence-electron chi connectivity index (χ4n) is 9.76. The maximum atomic E-state index is 6.77. The molecule has 284 valence electrons. The van der Waals surface area contributed by atoms with Crippen molar-refractivity contribution in [3.63, 3.8) is 0 Å². The Morgan fingerprint density at radius 3 is 1.80 bits per heavy atom. The van der Waals surface area contributed by atoms with Crippen molar-refractivity contribution in [1.82, 2.24) is 0 Å². The van der Waals surface area contributed by atoms with Gasteiger partial charge >= 0.3 is 0 Å². The van der Waals surface area contributed by atoms with Crippen molar-refractivity contribution in [3.8, 4) is 22.3 Å². The van der Waals surface area contributed by atoms with Gasteiger partial charge in [0.05, 0.1) is 16.8 Å². The van der Waals surface area contributed by atoms with Crippen molar-refractivity contribution in [2.24, 2.45) is 0 Å². The molecule has 0 aliphatic heterocycles. The smallest absolute Gasteiger partial charge is 0.143 e. The summed E-state index contributed by atoms with van der Waals surface area (Å²) >= 11 is 0. The van der Waals surface area contributed by atoms with E-state index in [4.69, 9.17) is 8.83 Å². The van der Waals surface area contributed by atoms with Crippen molar-refractivity contribution >= 4 is 104 Å². The van der Waals surface area contributed by atoms with Crippen LogP contribution in [0.5, 0.6) is 0 Å². The zero-order valence-electron chi connectivity index (χ0n) is 33.0. The van der Waals surface area contributed by atoms with E-state index in [-0.39, 0.29) is 0 Å². The van der Waals surface area contributed by atoms with Crippen LogP contribution in [0, 0.1) is 0 Å². The standard InChI is InChI=1S/C58H35NO2/c1-2-14-39-35-56-51(32-38(39)13-1)50-34-41(27-31-54(50)60-56)44-17-9-10-21-52(44)59(53-22-11-23-55-57(53)48-30-26-36-12-3-6-18-45(36)58(48)61-55)42-28-24-37(25-29-42)49-33-40-15-4-5-16-43(40)46-19-7-8-20-47(46)49/h1-35H. The Kier molecular flexibility index (Phi) is 7.31. The van der Waals surface area contributed by atoms with Gasteiger partial charge in [0.1, 0.15) is 22.3 Å². The predicted molar refractivity (Wildman–Crippen MR) is 257 cm³/mol. The first-order valence-electron chi connectivity index (χ1n) is 20.8. The van der Waals surface area contributed by atoms with Gasteiger partial charge < -0.3 is 13.7 Å². The lowest BCUT2D eigenvalue weighted by atomic mass is 9.93. The molecule has 11 aromatic carbocycles. The largest absolute Gasteiger partial charge is 0.456 e. The molecule has 0 unspecified atom stereocenters. The van der Waals surface area contributed by atoms with Crippen molar-refractivity contribution in [1.29, 1.82) is 0 Å². The van der Waals surface area contributed by atoms with Crippen LogP contribution < -0.4 is 4.90 Å².